The van der Waals surface area contributed by atoms with E-state index in [-0.39, 0.29) is 49.8 Å². The highest BCUT2D eigenvalue weighted by atomic mass is 16.5. The van der Waals surface area contributed by atoms with Crippen LogP contribution in [0.25, 0.3) is 0 Å². The van der Waals surface area contributed by atoms with Crippen molar-refractivity contribution in [2.75, 3.05) is 52.4 Å². The quantitative estimate of drug-likeness (QED) is 0.0899. The van der Waals surface area contributed by atoms with Crippen molar-refractivity contribution in [3.05, 3.63) is 101 Å². The molecule has 3 heterocycles. The van der Waals surface area contributed by atoms with Crippen LogP contribution in [0.15, 0.2) is 72.8 Å². The first-order valence-corrected chi connectivity index (χ1v) is 21.2. The Hall–Kier alpha value is -4.78. The zero-order valence-electron chi connectivity index (χ0n) is 34.8. The van der Waals surface area contributed by atoms with Gasteiger partial charge in [-0.3, -0.25) is 19.2 Å². The lowest BCUT2D eigenvalue weighted by Crippen LogP contribution is -2.39. The topological polar surface area (TPSA) is 178 Å². The summed E-state index contributed by atoms with van der Waals surface area (Å²) < 4.78 is 6.25. The van der Waals surface area contributed by atoms with Gasteiger partial charge in [-0.25, -0.2) is 0 Å². The summed E-state index contributed by atoms with van der Waals surface area (Å²) in [7, 11) is 0. The van der Waals surface area contributed by atoms with Gasteiger partial charge in [0.1, 0.15) is 12.4 Å². The lowest BCUT2D eigenvalue weighted by Gasteiger charge is -2.31. The molecular weight excluding hydrogens is 749 g/mol. The van der Waals surface area contributed by atoms with Crippen LogP contribution in [-0.4, -0.2) is 96.5 Å². The minimum Gasteiger partial charge on any atom is -0.492 e. The molecule has 3 aliphatic rings. The van der Waals surface area contributed by atoms with Crippen molar-refractivity contribution >= 4 is 23.8 Å². The van der Waals surface area contributed by atoms with E-state index in [0.29, 0.717) is 44.6 Å². The summed E-state index contributed by atoms with van der Waals surface area (Å²) in [6.07, 6.45) is 3.62. The minimum atomic E-state index is -0.942. The van der Waals surface area contributed by atoms with Crippen LogP contribution >= 0.6 is 0 Å². The van der Waals surface area contributed by atoms with E-state index in [9.17, 15) is 34.5 Å². The molecule has 3 fully saturated rings. The Balaban J connectivity index is 1.19. The van der Waals surface area contributed by atoms with Crippen LogP contribution in [-0.2, 0) is 51.4 Å². The molecule has 3 saturated heterocycles. The zero-order chi connectivity index (χ0) is 42.2. The number of carbonyl (C=O) groups excluding carboxylic acids is 1. The smallest absolute Gasteiger partial charge is 0.310 e. The second kappa shape index (κ2) is 19.1. The molecule has 6 rings (SSSR count). The molecule has 0 radical (unpaired) electrons. The zero-order valence-corrected chi connectivity index (χ0v) is 34.8. The van der Waals surface area contributed by atoms with Gasteiger partial charge in [-0.1, -0.05) is 60.7 Å². The molecule has 1 amide bonds. The summed E-state index contributed by atoms with van der Waals surface area (Å²) in [5, 5.41) is 40.7. The summed E-state index contributed by atoms with van der Waals surface area (Å²) in [6, 6.07) is 23.0. The molecule has 12 nitrogen and oxygen atoms in total. The Labute approximate surface area is 348 Å². The average molecular weight is 811 g/mol. The molecule has 3 aromatic rings. The van der Waals surface area contributed by atoms with Crippen molar-refractivity contribution in [1.82, 2.24) is 20.9 Å². The highest BCUT2D eigenvalue weighted by molar-refractivity contribution is 5.79. The van der Waals surface area contributed by atoms with Crippen LogP contribution < -0.4 is 20.7 Å². The second-order valence-corrected chi connectivity index (χ2v) is 17.9. The molecule has 6 N–H and O–H groups in total. The number of carboxylic acids is 3. The van der Waals surface area contributed by atoms with E-state index in [4.69, 9.17) is 4.74 Å². The summed E-state index contributed by atoms with van der Waals surface area (Å²) in [6.45, 7) is 10.6. The fourth-order valence-corrected chi connectivity index (χ4v) is 9.56. The van der Waals surface area contributed by atoms with Gasteiger partial charge < -0.3 is 40.9 Å². The number of ether oxygens (including phenoxy) is 1. The maximum Gasteiger partial charge on any atom is 0.310 e. The Bertz CT molecular complexity index is 1950. The number of hydrogen-bond donors (Lipinski definition) is 6. The molecule has 6 unspecified atom stereocenters. The van der Waals surface area contributed by atoms with Gasteiger partial charge in [-0.15, -0.1) is 0 Å². The number of aliphatic carboxylic acids is 3. The predicted molar refractivity (Wildman–Crippen MR) is 225 cm³/mol. The van der Waals surface area contributed by atoms with E-state index in [1.807, 2.05) is 93.6 Å². The molecule has 0 saturated carbocycles. The number of amides is 1. The van der Waals surface area contributed by atoms with Crippen molar-refractivity contribution < 1.29 is 39.2 Å². The summed E-state index contributed by atoms with van der Waals surface area (Å²) in [4.78, 5) is 53.7. The molecule has 0 spiro atoms. The number of nitrogens with one attached hydrogen (secondary N) is 3. The van der Waals surface area contributed by atoms with Crippen LogP contribution in [0.2, 0.25) is 0 Å². The Kier molecular flexibility index (Phi) is 14.2. The van der Waals surface area contributed by atoms with Gasteiger partial charge >= 0.3 is 17.9 Å². The first kappa shape index (κ1) is 43.8. The van der Waals surface area contributed by atoms with Gasteiger partial charge in [-0.05, 0) is 156 Å². The fraction of sp³-hybridized carbons (Fsp3) is 0.532. The minimum absolute atomic E-state index is 0.00622. The molecule has 3 aliphatic heterocycles. The first-order chi connectivity index (χ1) is 28.2. The number of rotatable bonds is 20. The maximum absolute atomic E-state index is 14.3. The Morgan fingerprint density at radius 1 is 0.610 bits per heavy atom. The highest BCUT2D eigenvalue weighted by Gasteiger charge is 2.45. The average Bonchev–Trinajstić information content (AvgIpc) is 4.03. The standard InChI is InChI=1S/C47H62N4O8/c1-45(42(53)54,37-13-16-48-28-37)25-33-8-4-7-32(21-33)24-41(52)51(31-36-11-5-9-34(22-36)26-46(2,43(55)56)38-14-17-49-29-38)19-20-59-40-12-6-10-35(23-40)27-47(3,44(57)58)39-15-18-50-30-39/h4-12,21-23,37-39,48-50H,13-20,24-31H2,1-3H3,(H,53,54)(H,55,56)(H,57,58). The second-order valence-electron chi connectivity index (χ2n) is 17.9. The number of hydrogen-bond acceptors (Lipinski definition) is 8. The Morgan fingerprint density at radius 2 is 1.02 bits per heavy atom. The van der Waals surface area contributed by atoms with Crippen molar-refractivity contribution in [3.8, 4) is 5.75 Å². The molecule has 12 heteroatoms. The third-order valence-corrected chi connectivity index (χ3v) is 13.7. The summed E-state index contributed by atoms with van der Waals surface area (Å²) in [5.41, 5.74) is 1.50. The largest absolute Gasteiger partial charge is 0.492 e. The lowest BCUT2D eigenvalue weighted by molar-refractivity contribution is -0.151. The van der Waals surface area contributed by atoms with E-state index in [1.54, 1.807) is 4.90 Å². The summed E-state index contributed by atoms with van der Waals surface area (Å²) in [5.74, 6) is -1.95. The summed E-state index contributed by atoms with van der Waals surface area (Å²) >= 11 is 0. The van der Waals surface area contributed by atoms with Gasteiger partial charge in [0.05, 0.1) is 29.2 Å². The number of benzene rings is 3. The van der Waals surface area contributed by atoms with Gasteiger partial charge in [0, 0.05) is 6.54 Å². The molecule has 59 heavy (non-hydrogen) atoms. The van der Waals surface area contributed by atoms with Crippen LogP contribution in [0.3, 0.4) is 0 Å². The van der Waals surface area contributed by atoms with Gasteiger partial charge in [0.25, 0.3) is 0 Å². The van der Waals surface area contributed by atoms with Crippen molar-refractivity contribution in [1.29, 1.82) is 0 Å². The van der Waals surface area contributed by atoms with Crippen molar-refractivity contribution in [2.45, 2.75) is 72.3 Å². The highest BCUT2D eigenvalue weighted by Crippen LogP contribution is 2.38. The van der Waals surface area contributed by atoms with E-state index >= 15 is 0 Å². The number of nitrogens with zero attached hydrogens (tertiary/aromatic N) is 1. The number of carbonyl (C=O) groups is 4. The molecule has 0 aromatic heterocycles. The third kappa shape index (κ3) is 10.5. The lowest BCUT2D eigenvalue weighted by atomic mass is 9.72. The Morgan fingerprint density at radius 3 is 1.46 bits per heavy atom. The normalized spacial score (nSPS) is 22.2. The molecule has 0 bridgehead atoms. The monoisotopic (exact) mass is 810 g/mol. The fourth-order valence-electron chi connectivity index (χ4n) is 9.56. The van der Waals surface area contributed by atoms with E-state index < -0.39 is 34.2 Å². The van der Waals surface area contributed by atoms with Gasteiger partial charge in [0.2, 0.25) is 5.91 Å². The molecular formula is C47H62N4O8. The first-order valence-electron chi connectivity index (χ1n) is 21.2. The molecule has 3 aromatic carbocycles. The predicted octanol–water partition coefficient (Wildman–Crippen LogP) is 5.07. The van der Waals surface area contributed by atoms with E-state index in [2.05, 4.69) is 16.0 Å². The van der Waals surface area contributed by atoms with Crippen molar-refractivity contribution in [2.24, 2.45) is 34.0 Å². The molecule has 0 aliphatic carbocycles. The van der Waals surface area contributed by atoms with Crippen molar-refractivity contribution in [3.63, 3.8) is 0 Å². The van der Waals surface area contributed by atoms with E-state index in [0.717, 1.165) is 66.7 Å². The maximum atomic E-state index is 14.3. The van der Waals surface area contributed by atoms with Crippen LogP contribution in [0.4, 0.5) is 0 Å². The number of carboxylic acid groups (broad SMARTS) is 3. The van der Waals surface area contributed by atoms with Crippen LogP contribution in [0.5, 0.6) is 5.75 Å². The SMILES string of the molecule is CC(Cc1cccc(CC(=O)N(CCOc2cccc(CC(C)(C(=O)O)C3CCNC3)c2)Cc2cccc(CC(C)(C(=O)O)C3CCNC3)c2)c1)(C(=O)O)C1CCNC1. The van der Waals surface area contributed by atoms with E-state index in [1.165, 1.54) is 0 Å². The molecule has 318 valence electrons. The van der Waals surface area contributed by atoms with Crippen LogP contribution in [0, 0.1) is 34.0 Å². The van der Waals surface area contributed by atoms with Crippen LogP contribution in [0.1, 0.15) is 67.9 Å². The van der Waals surface area contributed by atoms with Gasteiger partial charge in [0.15, 0.2) is 0 Å². The third-order valence-electron chi connectivity index (χ3n) is 13.7. The molecule has 6 atom stereocenters. The van der Waals surface area contributed by atoms with Gasteiger partial charge in [-0.2, -0.15) is 0 Å².